The minimum atomic E-state index is -0.242. The predicted molar refractivity (Wildman–Crippen MR) is 111 cm³/mol. The van der Waals surface area contributed by atoms with Crippen LogP contribution in [0.2, 0.25) is 0 Å². The molecule has 0 saturated heterocycles. The Balaban J connectivity index is 1.98. The van der Waals surface area contributed by atoms with Gasteiger partial charge >= 0.3 is 0 Å². The molecule has 2 aromatic heterocycles. The Morgan fingerprint density at radius 3 is 2.34 bits per heavy atom. The molecule has 1 atom stereocenters. The molecule has 7 heteroatoms. The molecular formula is C22H27N3O4. The molecule has 1 aromatic carbocycles. The van der Waals surface area contributed by atoms with E-state index in [2.05, 4.69) is 15.5 Å². The van der Waals surface area contributed by atoms with Crippen LogP contribution in [0, 0.1) is 13.8 Å². The summed E-state index contributed by atoms with van der Waals surface area (Å²) in [5.74, 6) is 1.23. The average molecular weight is 397 g/mol. The summed E-state index contributed by atoms with van der Waals surface area (Å²) in [6, 6.07) is 5.38. The lowest BCUT2D eigenvalue weighted by Crippen LogP contribution is -2.27. The fourth-order valence-electron chi connectivity index (χ4n) is 3.40. The topological polar surface area (TPSA) is 86.5 Å². The summed E-state index contributed by atoms with van der Waals surface area (Å²) in [6.07, 6.45) is 0. The molecule has 0 aliphatic carbocycles. The quantitative estimate of drug-likeness (QED) is 0.660. The van der Waals surface area contributed by atoms with Crippen LogP contribution in [-0.2, 0) is 0 Å². The lowest BCUT2D eigenvalue weighted by atomic mass is 10.00. The Bertz CT molecular complexity index is 1060. The van der Waals surface area contributed by atoms with Gasteiger partial charge in [0, 0.05) is 5.69 Å². The van der Waals surface area contributed by atoms with Crippen LogP contribution in [0.25, 0.3) is 11.1 Å². The number of hydrogen-bond acceptors (Lipinski definition) is 6. The maximum atomic E-state index is 13.2. The first-order valence-electron chi connectivity index (χ1n) is 9.57. The van der Waals surface area contributed by atoms with Crippen molar-refractivity contribution < 1.29 is 18.8 Å². The molecule has 7 nitrogen and oxygen atoms in total. The van der Waals surface area contributed by atoms with Crippen molar-refractivity contribution >= 4 is 17.0 Å². The number of methoxy groups -OCH3 is 2. The summed E-state index contributed by atoms with van der Waals surface area (Å²) in [5, 5.41) is 7.71. The molecule has 29 heavy (non-hydrogen) atoms. The van der Waals surface area contributed by atoms with Crippen molar-refractivity contribution in [2.75, 3.05) is 14.2 Å². The van der Waals surface area contributed by atoms with Gasteiger partial charge in [-0.15, -0.1) is 0 Å². The minimum Gasteiger partial charge on any atom is -0.493 e. The van der Waals surface area contributed by atoms with Crippen LogP contribution in [0.5, 0.6) is 11.5 Å². The fraction of sp³-hybridized carbons (Fsp3) is 0.409. The zero-order valence-corrected chi connectivity index (χ0v) is 17.9. The number of hydrogen-bond donors (Lipinski definition) is 1. The largest absolute Gasteiger partial charge is 0.493 e. The summed E-state index contributed by atoms with van der Waals surface area (Å²) in [6.45, 7) is 9.77. The van der Waals surface area contributed by atoms with Gasteiger partial charge in [0.2, 0.25) is 0 Å². The number of fused-ring (bicyclic) bond motifs is 1. The number of benzene rings is 1. The van der Waals surface area contributed by atoms with Crippen LogP contribution in [0.15, 0.2) is 22.7 Å². The van der Waals surface area contributed by atoms with E-state index in [1.54, 1.807) is 21.1 Å². The predicted octanol–water partition coefficient (Wildman–Crippen LogP) is 4.47. The van der Waals surface area contributed by atoms with Crippen LogP contribution in [0.1, 0.15) is 65.6 Å². The SMILES string of the molecule is COc1cc(C)c(C(C)NC(=O)c2cc(C(C)C)nc3onc(C)c23)cc1OC. The molecule has 0 aliphatic rings. The normalized spacial score (nSPS) is 12.3. The highest BCUT2D eigenvalue weighted by molar-refractivity contribution is 6.06. The number of aryl methyl sites for hydroxylation is 2. The standard InChI is InChI=1S/C22H27N3O4/c1-11(2)17-9-16(20-14(5)25-29-22(20)24-17)21(26)23-13(4)15-10-19(28-7)18(27-6)8-12(15)3/h8-11,13H,1-7H3,(H,23,26). The highest BCUT2D eigenvalue weighted by atomic mass is 16.5. The lowest BCUT2D eigenvalue weighted by molar-refractivity contribution is 0.0941. The third-order valence-electron chi connectivity index (χ3n) is 5.06. The molecular weight excluding hydrogens is 370 g/mol. The number of nitrogens with zero attached hydrogens (tertiary/aromatic N) is 2. The third kappa shape index (κ3) is 3.90. The van der Waals surface area contributed by atoms with Gasteiger partial charge < -0.3 is 19.3 Å². The van der Waals surface area contributed by atoms with E-state index in [4.69, 9.17) is 14.0 Å². The van der Waals surface area contributed by atoms with Crippen molar-refractivity contribution in [3.63, 3.8) is 0 Å². The van der Waals surface area contributed by atoms with Crippen LogP contribution < -0.4 is 14.8 Å². The van der Waals surface area contributed by atoms with Gasteiger partial charge in [-0.25, -0.2) is 4.98 Å². The van der Waals surface area contributed by atoms with Gasteiger partial charge in [0.1, 0.15) is 0 Å². The lowest BCUT2D eigenvalue weighted by Gasteiger charge is -2.19. The van der Waals surface area contributed by atoms with Crippen molar-refractivity contribution in [3.05, 3.63) is 46.3 Å². The zero-order chi connectivity index (χ0) is 21.3. The molecule has 1 N–H and O–H groups in total. The summed E-state index contributed by atoms with van der Waals surface area (Å²) in [4.78, 5) is 17.7. The molecule has 1 unspecified atom stereocenters. The maximum absolute atomic E-state index is 13.2. The second-order valence-electron chi connectivity index (χ2n) is 7.46. The zero-order valence-electron chi connectivity index (χ0n) is 17.9. The molecule has 0 bridgehead atoms. The Hall–Kier alpha value is -3.09. The molecule has 0 radical (unpaired) electrons. The van der Waals surface area contributed by atoms with Crippen molar-refractivity contribution in [2.24, 2.45) is 0 Å². The van der Waals surface area contributed by atoms with E-state index >= 15 is 0 Å². The second kappa shape index (κ2) is 8.11. The Labute approximate surface area is 170 Å². The van der Waals surface area contributed by atoms with Crippen LogP contribution >= 0.6 is 0 Å². The molecule has 154 valence electrons. The highest BCUT2D eigenvalue weighted by Crippen LogP contribution is 2.33. The number of ether oxygens (including phenoxy) is 2. The van der Waals surface area contributed by atoms with E-state index in [-0.39, 0.29) is 17.9 Å². The van der Waals surface area contributed by atoms with Gasteiger partial charge in [0.15, 0.2) is 11.5 Å². The fourth-order valence-corrected chi connectivity index (χ4v) is 3.40. The third-order valence-corrected chi connectivity index (χ3v) is 5.06. The van der Waals surface area contributed by atoms with Gasteiger partial charge in [-0.2, -0.15) is 0 Å². The summed E-state index contributed by atoms with van der Waals surface area (Å²) in [7, 11) is 3.19. The highest BCUT2D eigenvalue weighted by Gasteiger charge is 2.22. The van der Waals surface area contributed by atoms with Crippen molar-refractivity contribution in [1.29, 1.82) is 0 Å². The van der Waals surface area contributed by atoms with E-state index in [1.807, 2.05) is 45.9 Å². The van der Waals surface area contributed by atoms with Gasteiger partial charge in [0.05, 0.1) is 36.9 Å². The smallest absolute Gasteiger partial charge is 0.259 e. The molecule has 3 rings (SSSR count). The first-order chi connectivity index (χ1) is 13.8. The monoisotopic (exact) mass is 397 g/mol. The van der Waals surface area contributed by atoms with E-state index in [1.165, 1.54) is 0 Å². The van der Waals surface area contributed by atoms with Crippen molar-refractivity contribution in [1.82, 2.24) is 15.5 Å². The number of carbonyl (C=O) groups excluding carboxylic acids is 1. The van der Waals surface area contributed by atoms with Gasteiger partial charge in [-0.3, -0.25) is 4.79 Å². The minimum absolute atomic E-state index is 0.155. The first kappa shape index (κ1) is 20.6. The summed E-state index contributed by atoms with van der Waals surface area (Å²) < 4.78 is 16.1. The Morgan fingerprint density at radius 1 is 1.07 bits per heavy atom. The van der Waals surface area contributed by atoms with E-state index in [0.29, 0.717) is 33.9 Å². The van der Waals surface area contributed by atoms with Crippen LogP contribution in [0.3, 0.4) is 0 Å². The van der Waals surface area contributed by atoms with Crippen molar-refractivity contribution in [2.45, 2.75) is 46.6 Å². The second-order valence-corrected chi connectivity index (χ2v) is 7.46. The molecule has 0 spiro atoms. The van der Waals surface area contributed by atoms with Gasteiger partial charge in [-0.05, 0) is 56.0 Å². The summed E-state index contributed by atoms with van der Waals surface area (Å²) in [5.41, 5.74) is 4.28. The molecule has 0 aliphatic heterocycles. The number of pyridine rings is 1. The Morgan fingerprint density at radius 2 is 1.72 bits per heavy atom. The molecule has 2 heterocycles. The number of amides is 1. The van der Waals surface area contributed by atoms with E-state index in [9.17, 15) is 4.79 Å². The first-order valence-corrected chi connectivity index (χ1v) is 9.57. The van der Waals surface area contributed by atoms with Crippen LogP contribution in [0.4, 0.5) is 0 Å². The average Bonchev–Trinajstić information content (AvgIpc) is 3.07. The number of rotatable bonds is 6. The molecule has 3 aromatic rings. The van der Waals surface area contributed by atoms with Crippen LogP contribution in [-0.4, -0.2) is 30.3 Å². The van der Waals surface area contributed by atoms with Crippen molar-refractivity contribution in [3.8, 4) is 11.5 Å². The van der Waals surface area contributed by atoms with E-state index in [0.717, 1.165) is 16.8 Å². The number of nitrogens with one attached hydrogen (secondary N) is 1. The number of aromatic nitrogens is 2. The number of carbonyl (C=O) groups is 1. The molecule has 1 amide bonds. The molecule has 0 fully saturated rings. The Kier molecular flexibility index (Phi) is 5.77. The summed E-state index contributed by atoms with van der Waals surface area (Å²) >= 11 is 0. The van der Waals surface area contributed by atoms with Gasteiger partial charge in [0.25, 0.3) is 11.6 Å². The van der Waals surface area contributed by atoms with Gasteiger partial charge in [-0.1, -0.05) is 19.0 Å². The molecule has 0 saturated carbocycles. The maximum Gasteiger partial charge on any atom is 0.259 e. The van der Waals surface area contributed by atoms with E-state index < -0.39 is 0 Å².